The van der Waals surface area contributed by atoms with Gasteiger partial charge in [0.05, 0.1) is 5.60 Å². The number of allylic oxidation sites excluding steroid dienone is 2. The number of halogens is 1. The van der Waals surface area contributed by atoms with E-state index in [2.05, 4.69) is 11.9 Å². The maximum atomic E-state index is 12.3. The lowest BCUT2D eigenvalue weighted by Crippen LogP contribution is -2.32. The molecule has 2 aromatic rings. The molecule has 1 unspecified atom stereocenters. The van der Waals surface area contributed by atoms with Crippen LogP contribution in [0.15, 0.2) is 42.5 Å². The van der Waals surface area contributed by atoms with E-state index >= 15 is 0 Å². The topological polar surface area (TPSA) is 92.4 Å². The fourth-order valence-electron chi connectivity index (χ4n) is 5.23. The van der Waals surface area contributed by atoms with Crippen LogP contribution in [-0.4, -0.2) is 22.5 Å². The van der Waals surface area contributed by atoms with Crippen LogP contribution in [0.2, 0.25) is 5.02 Å². The smallest absolute Gasteiger partial charge is 0.249 e. The van der Waals surface area contributed by atoms with Gasteiger partial charge in [0.1, 0.15) is 0 Å². The first-order chi connectivity index (χ1) is 15.5. The minimum Gasteiger partial charge on any atom is -0.390 e. The highest BCUT2D eigenvalue weighted by Gasteiger charge is 2.38. The fourth-order valence-corrected chi connectivity index (χ4v) is 5.54. The summed E-state index contributed by atoms with van der Waals surface area (Å²) in [6.45, 7) is 9.17. The summed E-state index contributed by atoms with van der Waals surface area (Å²) in [6, 6.07) is 7.36. The van der Waals surface area contributed by atoms with E-state index in [1.165, 1.54) is 17.2 Å². The summed E-state index contributed by atoms with van der Waals surface area (Å²) in [7, 11) is 0. The molecule has 0 saturated heterocycles. The standard InChI is InChI=1S/C27H29ClN2O3/c1-5-23(31)30-22-8-6-7-17(14(22)2)25-21(28)13-20(26(29)32)19-12-15-11-16(27(3,4)33)9-10-18(15)24(19)25/h5-8,13,16,33H,1,9-12H2,2-4H3,(H2,29,32)(H,30,31). The quantitative estimate of drug-likeness (QED) is 0.516. The van der Waals surface area contributed by atoms with Crippen LogP contribution in [0.4, 0.5) is 5.69 Å². The van der Waals surface area contributed by atoms with Crippen molar-refractivity contribution in [3.63, 3.8) is 0 Å². The predicted octanol–water partition coefficient (Wildman–Crippen LogP) is 5.42. The number of primary amides is 1. The third kappa shape index (κ3) is 4.11. The Morgan fingerprint density at radius 3 is 2.67 bits per heavy atom. The number of hydrogen-bond acceptors (Lipinski definition) is 3. The summed E-state index contributed by atoms with van der Waals surface area (Å²) in [6.07, 6.45) is 4.29. The molecule has 172 valence electrons. The first-order valence-corrected chi connectivity index (χ1v) is 11.5. The molecule has 4 N–H and O–H groups in total. The first kappa shape index (κ1) is 23.3. The lowest BCUT2D eigenvalue weighted by molar-refractivity contribution is -0.111. The first-order valence-electron chi connectivity index (χ1n) is 11.1. The van der Waals surface area contributed by atoms with Crippen LogP contribution in [0.3, 0.4) is 0 Å². The van der Waals surface area contributed by atoms with Gasteiger partial charge in [0.2, 0.25) is 11.8 Å². The van der Waals surface area contributed by atoms with Crippen LogP contribution >= 0.6 is 11.6 Å². The molecule has 0 bridgehead atoms. The van der Waals surface area contributed by atoms with Crippen LogP contribution in [0.25, 0.3) is 16.7 Å². The Hall–Kier alpha value is -2.89. The number of anilines is 1. The Balaban J connectivity index is 1.92. The van der Waals surface area contributed by atoms with Gasteiger partial charge in [-0.15, -0.1) is 0 Å². The summed E-state index contributed by atoms with van der Waals surface area (Å²) in [5.41, 5.74) is 13.1. The largest absolute Gasteiger partial charge is 0.390 e. The lowest BCUT2D eigenvalue weighted by atomic mass is 9.75. The Kier molecular flexibility index (Phi) is 5.97. The SMILES string of the molecule is C=CC(=O)Nc1cccc(-c2c(Cl)cc(C(N)=O)c3c2C2=C(C3)CC(C(C)(C)O)CC2)c1C. The second-order valence-corrected chi connectivity index (χ2v) is 9.93. The van der Waals surface area contributed by atoms with Crippen molar-refractivity contribution >= 4 is 34.7 Å². The molecule has 4 rings (SSSR count). The number of carbonyl (C=O) groups is 2. The van der Waals surface area contributed by atoms with E-state index in [-0.39, 0.29) is 11.8 Å². The molecule has 0 fully saturated rings. The Bertz CT molecular complexity index is 1220. The summed E-state index contributed by atoms with van der Waals surface area (Å²) >= 11 is 6.81. The van der Waals surface area contributed by atoms with Gasteiger partial charge in [-0.1, -0.05) is 35.9 Å². The van der Waals surface area contributed by atoms with Crippen LogP contribution in [0.1, 0.15) is 60.2 Å². The van der Waals surface area contributed by atoms with Crippen molar-refractivity contribution in [3.05, 3.63) is 69.8 Å². The van der Waals surface area contributed by atoms with E-state index in [0.717, 1.165) is 47.1 Å². The minimum atomic E-state index is -0.769. The third-order valence-corrected chi connectivity index (χ3v) is 7.35. The van der Waals surface area contributed by atoms with Crippen LogP contribution in [0.5, 0.6) is 0 Å². The molecule has 0 spiro atoms. The van der Waals surface area contributed by atoms with Crippen molar-refractivity contribution < 1.29 is 14.7 Å². The molecule has 0 heterocycles. The zero-order valence-corrected chi connectivity index (χ0v) is 20.0. The van der Waals surface area contributed by atoms with Gasteiger partial charge in [-0.05, 0) is 98.4 Å². The lowest BCUT2D eigenvalue weighted by Gasteiger charge is -2.33. The van der Waals surface area contributed by atoms with Gasteiger partial charge in [-0.2, -0.15) is 0 Å². The summed E-state index contributed by atoms with van der Waals surface area (Å²) in [4.78, 5) is 24.2. The zero-order chi connectivity index (χ0) is 24.1. The second kappa shape index (κ2) is 8.47. The molecule has 0 aromatic heterocycles. The molecule has 33 heavy (non-hydrogen) atoms. The van der Waals surface area contributed by atoms with E-state index in [0.29, 0.717) is 22.7 Å². The summed E-state index contributed by atoms with van der Waals surface area (Å²) < 4.78 is 0. The van der Waals surface area contributed by atoms with Gasteiger partial charge in [0, 0.05) is 21.8 Å². The van der Waals surface area contributed by atoms with Crippen molar-refractivity contribution in [2.45, 2.75) is 52.1 Å². The van der Waals surface area contributed by atoms with Gasteiger partial charge >= 0.3 is 0 Å². The third-order valence-electron chi connectivity index (χ3n) is 7.05. The normalized spacial score (nSPS) is 17.4. The molecule has 2 amide bonds. The Labute approximate surface area is 199 Å². The van der Waals surface area contributed by atoms with Crippen molar-refractivity contribution in [1.29, 1.82) is 0 Å². The van der Waals surface area contributed by atoms with Gasteiger partial charge < -0.3 is 16.2 Å². The molecule has 2 aliphatic carbocycles. The number of carbonyl (C=O) groups excluding carboxylic acids is 2. The Morgan fingerprint density at radius 2 is 2.03 bits per heavy atom. The summed E-state index contributed by atoms with van der Waals surface area (Å²) in [5, 5.41) is 13.9. The highest BCUT2D eigenvalue weighted by Crippen LogP contribution is 2.52. The molecule has 2 aliphatic rings. The number of nitrogens with one attached hydrogen (secondary N) is 1. The highest BCUT2D eigenvalue weighted by molar-refractivity contribution is 6.34. The average Bonchev–Trinajstić information content (AvgIpc) is 3.13. The van der Waals surface area contributed by atoms with Gasteiger partial charge in [0.15, 0.2) is 0 Å². The molecule has 2 aromatic carbocycles. The van der Waals surface area contributed by atoms with E-state index in [1.807, 2.05) is 39.0 Å². The molecule has 1 atom stereocenters. The number of nitrogens with two attached hydrogens (primary N) is 1. The molecule has 0 aliphatic heterocycles. The van der Waals surface area contributed by atoms with E-state index < -0.39 is 11.5 Å². The van der Waals surface area contributed by atoms with Gasteiger partial charge in [-0.3, -0.25) is 9.59 Å². The predicted molar refractivity (Wildman–Crippen MR) is 133 cm³/mol. The molecule has 6 heteroatoms. The number of fused-ring (bicyclic) bond motifs is 2. The van der Waals surface area contributed by atoms with E-state index in [4.69, 9.17) is 17.3 Å². The number of hydrogen-bond donors (Lipinski definition) is 3. The number of rotatable bonds is 5. The highest BCUT2D eigenvalue weighted by atomic mass is 35.5. The van der Waals surface area contributed by atoms with Crippen molar-refractivity contribution in [3.8, 4) is 11.1 Å². The zero-order valence-electron chi connectivity index (χ0n) is 19.2. The number of amides is 2. The van der Waals surface area contributed by atoms with Crippen LogP contribution in [-0.2, 0) is 11.2 Å². The van der Waals surface area contributed by atoms with E-state index in [1.54, 1.807) is 6.07 Å². The number of aliphatic hydroxyl groups is 1. The fraction of sp³-hybridized carbons (Fsp3) is 0.333. The second-order valence-electron chi connectivity index (χ2n) is 9.52. The minimum absolute atomic E-state index is 0.153. The maximum Gasteiger partial charge on any atom is 0.249 e. The molecular weight excluding hydrogens is 436 g/mol. The van der Waals surface area contributed by atoms with Crippen molar-refractivity contribution in [2.24, 2.45) is 11.7 Å². The summed E-state index contributed by atoms with van der Waals surface area (Å²) in [5.74, 6) is -0.631. The van der Waals surface area contributed by atoms with Crippen LogP contribution in [0, 0.1) is 12.8 Å². The number of benzene rings is 2. The maximum absolute atomic E-state index is 12.3. The van der Waals surface area contributed by atoms with Crippen LogP contribution < -0.4 is 11.1 Å². The molecule has 0 saturated carbocycles. The van der Waals surface area contributed by atoms with E-state index in [9.17, 15) is 14.7 Å². The van der Waals surface area contributed by atoms with Gasteiger partial charge in [0.25, 0.3) is 0 Å². The molecular formula is C27H29ClN2O3. The molecule has 0 radical (unpaired) electrons. The van der Waals surface area contributed by atoms with Crippen molar-refractivity contribution in [1.82, 2.24) is 0 Å². The average molecular weight is 465 g/mol. The monoisotopic (exact) mass is 464 g/mol. The van der Waals surface area contributed by atoms with Gasteiger partial charge in [-0.25, -0.2) is 0 Å². The molecule has 5 nitrogen and oxygen atoms in total. The Morgan fingerprint density at radius 1 is 1.30 bits per heavy atom. The van der Waals surface area contributed by atoms with Crippen molar-refractivity contribution in [2.75, 3.05) is 5.32 Å².